The van der Waals surface area contributed by atoms with Crippen LogP contribution in [-0.4, -0.2) is 75.6 Å². The van der Waals surface area contributed by atoms with Crippen molar-refractivity contribution in [2.45, 2.75) is 232 Å². The summed E-state index contributed by atoms with van der Waals surface area (Å²) >= 11 is 0. The number of likely N-dealkylation sites (N-methyl/N-ethyl adjacent to an activating group) is 1. The average molecular weight is 921 g/mol. The zero-order valence-corrected chi connectivity index (χ0v) is 43.4. The minimum Gasteiger partial charge on any atom is -0.457 e. The zero-order chi connectivity index (χ0) is 46.9. The van der Waals surface area contributed by atoms with E-state index < -0.39 is 13.9 Å². The smallest absolute Gasteiger partial charge is 0.457 e. The third-order valence-corrected chi connectivity index (χ3v) is 12.3. The third-order valence-electron chi connectivity index (χ3n) is 11.3. The van der Waals surface area contributed by atoms with Crippen molar-refractivity contribution in [2.75, 3.05) is 54.1 Å². The number of nitrogens with zero attached hydrogens (tertiary/aromatic N) is 1. The standard InChI is InChI=1S/C55H102NO7P/c1-6-8-10-12-14-16-18-20-22-24-25-26-27-28-29-30-31-33-35-37-39-41-43-45-47-50-60-52-54(53-62-64(58,59)61-51-49-56(3,4)5)63-55(57)48-46-44-42-40-38-36-34-32-23-21-19-17-15-13-11-9-7-2/h9,11,15,17,21,23,34,36,40,42,54H,6-8,10,12-14,16,18-20,22,24-33,35,37-39,41,43-53H2,1-5H3/p+1/b11-9-,17-15-,23-21-,36-34-,42-40-. The molecule has 2 atom stereocenters. The lowest BCUT2D eigenvalue weighted by Crippen LogP contribution is -2.37. The Morgan fingerprint density at radius 3 is 1.30 bits per heavy atom. The maximum Gasteiger partial charge on any atom is 0.472 e. The molecule has 0 saturated carbocycles. The average Bonchev–Trinajstić information content (AvgIpc) is 3.25. The number of carbonyl (C=O) groups is 1. The van der Waals surface area contributed by atoms with E-state index in [9.17, 15) is 14.3 Å². The molecule has 2 unspecified atom stereocenters. The minimum absolute atomic E-state index is 0.0770. The summed E-state index contributed by atoms with van der Waals surface area (Å²) in [6.07, 6.45) is 61.5. The number of quaternary nitrogens is 1. The van der Waals surface area contributed by atoms with E-state index >= 15 is 0 Å². The van der Waals surface area contributed by atoms with Gasteiger partial charge in [0.05, 0.1) is 34.4 Å². The van der Waals surface area contributed by atoms with Crippen molar-refractivity contribution in [1.82, 2.24) is 0 Å². The second kappa shape index (κ2) is 47.7. The summed E-state index contributed by atoms with van der Waals surface area (Å²) < 4.78 is 35.1. The lowest BCUT2D eigenvalue weighted by atomic mass is 10.0. The van der Waals surface area contributed by atoms with Gasteiger partial charge in [0.15, 0.2) is 0 Å². The Hall–Kier alpha value is -1.80. The monoisotopic (exact) mass is 921 g/mol. The molecule has 0 radical (unpaired) electrons. The van der Waals surface area contributed by atoms with Crippen LogP contribution >= 0.6 is 7.82 Å². The van der Waals surface area contributed by atoms with E-state index in [0.717, 1.165) is 51.4 Å². The molecule has 0 fully saturated rings. The van der Waals surface area contributed by atoms with Crippen LogP contribution in [0.25, 0.3) is 0 Å². The predicted molar refractivity (Wildman–Crippen MR) is 275 cm³/mol. The summed E-state index contributed by atoms with van der Waals surface area (Å²) in [5.74, 6) is -0.367. The normalized spacial score (nSPS) is 14.0. The number of esters is 1. The molecule has 0 aromatic rings. The molecule has 0 aliphatic heterocycles. The lowest BCUT2D eigenvalue weighted by Gasteiger charge is -2.24. The van der Waals surface area contributed by atoms with Crippen LogP contribution in [0, 0.1) is 0 Å². The fraction of sp³-hybridized carbons (Fsp3) is 0.800. The Kier molecular flexibility index (Phi) is 46.3. The van der Waals surface area contributed by atoms with Gasteiger partial charge in [-0.15, -0.1) is 0 Å². The van der Waals surface area contributed by atoms with E-state index in [1.807, 2.05) is 21.1 Å². The van der Waals surface area contributed by atoms with Gasteiger partial charge < -0.3 is 18.9 Å². The van der Waals surface area contributed by atoms with Crippen LogP contribution < -0.4 is 0 Å². The number of phosphoric ester groups is 1. The predicted octanol–water partition coefficient (Wildman–Crippen LogP) is 16.4. The first kappa shape index (κ1) is 62.2. The van der Waals surface area contributed by atoms with Gasteiger partial charge in [0.2, 0.25) is 0 Å². The summed E-state index contributed by atoms with van der Waals surface area (Å²) in [7, 11) is 1.63. The summed E-state index contributed by atoms with van der Waals surface area (Å²) in [6.45, 7) is 5.46. The van der Waals surface area contributed by atoms with Gasteiger partial charge >= 0.3 is 13.8 Å². The van der Waals surface area contributed by atoms with E-state index in [2.05, 4.69) is 74.6 Å². The summed E-state index contributed by atoms with van der Waals surface area (Å²) in [5, 5.41) is 0. The number of rotatable bonds is 49. The van der Waals surface area contributed by atoms with Gasteiger partial charge in [0.1, 0.15) is 19.3 Å². The molecule has 64 heavy (non-hydrogen) atoms. The number of ether oxygens (including phenoxy) is 2. The summed E-state index contributed by atoms with van der Waals surface area (Å²) in [5.41, 5.74) is 0. The summed E-state index contributed by atoms with van der Waals surface area (Å²) in [4.78, 5) is 23.0. The molecular weight excluding hydrogens is 818 g/mol. The van der Waals surface area contributed by atoms with Crippen LogP contribution in [0.2, 0.25) is 0 Å². The van der Waals surface area contributed by atoms with Crippen molar-refractivity contribution in [2.24, 2.45) is 0 Å². The lowest BCUT2D eigenvalue weighted by molar-refractivity contribution is -0.870. The van der Waals surface area contributed by atoms with Crippen molar-refractivity contribution in [3.63, 3.8) is 0 Å². The number of unbranched alkanes of at least 4 members (excludes halogenated alkanes) is 25. The quantitative estimate of drug-likeness (QED) is 0.0214. The molecule has 0 aliphatic carbocycles. The first-order chi connectivity index (χ1) is 31.1. The van der Waals surface area contributed by atoms with Crippen LogP contribution in [0.1, 0.15) is 226 Å². The molecule has 0 bridgehead atoms. The Morgan fingerprint density at radius 2 is 0.891 bits per heavy atom. The van der Waals surface area contributed by atoms with Crippen LogP contribution in [0.5, 0.6) is 0 Å². The van der Waals surface area contributed by atoms with Gasteiger partial charge in [-0.2, -0.15) is 0 Å². The Labute approximate surface area is 396 Å². The van der Waals surface area contributed by atoms with E-state index in [4.69, 9.17) is 18.5 Å². The first-order valence-corrected chi connectivity index (χ1v) is 28.0. The number of hydrogen-bond acceptors (Lipinski definition) is 6. The van der Waals surface area contributed by atoms with Crippen molar-refractivity contribution in [1.29, 1.82) is 0 Å². The molecule has 1 N–H and O–H groups in total. The first-order valence-electron chi connectivity index (χ1n) is 26.5. The molecule has 0 amide bonds. The topological polar surface area (TPSA) is 91.3 Å². The number of phosphoric acid groups is 1. The number of hydrogen-bond donors (Lipinski definition) is 1. The van der Waals surface area contributed by atoms with Crippen LogP contribution in [-0.2, 0) is 27.9 Å². The Balaban J connectivity index is 4.12. The van der Waals surface area contributed by atoms with E-state index in [0.29, 0.717) is 24.1 Å². The van der Waals surface area contributed by atoms with E-state index in [-0.39, 0.29) is 32.2 Å². The molecule has 8 nitrogen and oxygen atoms in total. The Bertz CT molecular complexity index is 1210. The van der Waals surface area contributed by atoms with Gasteiger partial charge in [0.25, 0.3) is 0 Å². The molecule has 374 valence electrons. The highest BCUT2D eigenvalue weighted by molar-refractivity contribution is 7.47. The van der Waals surface area contributed by atoms with Crippen LogP contribution in [0.3, 0.4) is 0 Å². The fourth-order valence-corrected chi connectivity index (χ4v) is 8.04. The highest BCUT2D eigenvalue weighted by atomic mass is 31.2. The molecule has 9 heteroatoms. The van der Waals surface area contributed by atoms with Crippen LogP contribution in [0.4, 0.5) is 0 Å². The van der Waals surface area contributed by atoms with Gasteiger partial charge in [0, 0.05) is 13.0 Å². The number of carbonyl (C=O) groups excluding carboxylic acids is 1. The minimum atomic E-state index is -4.30. The Morgan fingerprint density at radius 1 is 0.500 bits per heavy atom. The van der Waals surface area contributed by atoms with E-state index in [1.54, 1.807) is 0 Å². The SMILES string of the molecule is CC/C=C\C/C=C\C/C=C\C/C=C\C/C=C\CCCC(=O)OC(COCCCCCCCCCCCCCCCCCCCCCCCCCCC)COP(=O)(O)OCC[N+](C)(C)C. The van der Waals surface area contributed by atoms with Crippen LogP contribution in [0.15, 0.2) is 60.8 Å². The van der Waals surface area contributed by atoms with E-state index in [1.165, 1.54) is 148 Å². The largest absolute Gasteiger partial charge is 0.472 e. The zero-order valence-electron chi connectivity index (χ0n) is 42.5. The van der Waals surface area contributed by atoms with Gasteiger partial charge in [-0.05, 0) is 51.4 Å². The number of allylic oxidation sites excluding steroid dienone is 10. The van der Waals surface area contributed by atoms with Crippen molar-refractivity contribution in [3.8, 4) is 0 Å². The molecule has 0 heterocycles. The third kappa shape index (κ3) is 51.2. The molecular formula is C55H103NO7P+. The van der Waals surface area contributed by atoms with Crippen molar-refractivity contribution < 1.29 is 37.3 Å². The second-order valence-electron chi connectivity index (χ2n) is 18.9. The molecule has 0 aromatic heterocycles. The molecule has 0 spiro atoms. The van der Waals surface area contributed by atoms with Gasteiger partial charge in [-0.3, -0.25) is 13.8 Å². The molecule has 0 aliphatic rings. The molecule has 0 saturated heterocycles. The highest BCUT2D eigenvalue weighted by Gasteiger charge is 2.26. The molecule has 0 rings (SSSR count). The van der Waals surface area contributed by atoms with Crippen molar-refractivity contribution in [3.05, 3.63) is 60.8 Å². The second-order valence-corrected chi connectivity index (χ2v) is 20.3. The van der Waals surface area contributed by atoms with Gasteiger partial charge in [-0.25, -0.2) is 4.57 Å². The molecule has 0 aromatic carbocycles. The fourth-order valence-electron chi connectivity index (χ4n) is 7.30. The summed E-state index contributed by atoms with van der Waals surface area (Å²) in [6, 6.07) is 0. The highest BCUT2D eigenvalue weighted by Crippen LogP contribution is 2.43. The van der Waals surface area contributed by atoms with Gasteiger partial charge in [-0.1, -0.05) is 229 Å². The maximum absolute atomic E-state index is 12.7. The van der Waals surface area contributed by atoms with Crippen molar-refractivity contribution >= 4 is 13.8 Å². The maximum atomic E-state index is 12.7.